The molecule has 0 spiro atoms. The first-order valence-corrected chi connectivity index (χ1v) is 9.50. The maximum Gasteiger partial charge on any atom is 0.219 e. The Kier molecular flexibility index (Phi) is 7.34. The SMILES string of the molecule is CCNC(=NCCN1CCN(C(C)=O)CC1)N1CC(C)CC(C)C1. The monoisotopic (exact) mass is 337 g/mol. The average Bonchev–Trinajstić information content (AvgIpc) is 2.53. The fraction of sp³-hybridized carbons (Fsp3) is 0.889. The van der Waals surface area contributed by atoms with E-state index in [9.17, 15) is 4.79 Å². The number of hydrogen-bond acceptors (Lipinski definition) is 3. The Balaban J connectivity index is 1.82. The fourth-order valence-electron chi connectivity index (χ4n) is 3.85. The largest absolute Gasteiger partial charge is 0.357 e. The van der Waals surface area contributed by atoms with Crippen molar-refractivity contribution < 1.29 is 4.79 Å². The van der Waals surface area contributed by atoms with Crippen molar-refractivity contribution in [2.24, 2.45) is 16.8 Å². The predicted octanol–water partition coefficient (Wildman–Crippen LogP) is 1.09. The van der Waals surface area contributed by atoms with Crippen molar-refractivity contribution in [3.8, 4) is 0 Å². The lowest BCUT2D eigenvalue weighted by Gasteiger charge is -2.37. The Hall–Kier alpha value is -1.30. The molecule has 0 radical (unpaired) electrons. The third kappa shape index (κ3) is 5.65. The molecule has 0 bridgehead atoms. The molecule has 0 saturated carbocycles. The lowest BCUT2D eigenvalue weighted by Crippen LogP contribution is -2.49. The molecule has 24 heavy (non-hydrogen) atoms. The Labute approximate surface area is 147 Å². The number of carbonyl (C=O) groups excluding carboxylic acids is 1. The van der Waals surface area contributed by atoms with Gasteiger partial charge in [0.25, 0.3) is 0 Å². The van der Waals surface area contributed by atoms with Crippen LogP contribution in [0, 0.1) is 11.8 Å². The molecule has 2 aliphatic rings. The number of nitrogens with one attached hydrogen (secondary N) is 1. The van der Waals surface area contributed by atoms with Gasteiger partial charge in [-0.15, -0.1) is 0 Å². The minimum Gasteiger partial charge on any atom is -0.357 e. The molecule has 0 aliphatic carbocycles. The molecule has 6 nitrogen and oxygen atoms in total. The maximum absolute atomic E-state index is 11.4. The van der Waals surface area contributed by atoms with Crippen LogP contribution in [0.1, 0.15) is 34.1 Å². The van der Waals surface area contributed by atoms with Gasteiger partial charge >= 0.3 is 0 Å². The number of aliphatic imine (C=N–C) groups is 1. The van der Waals surface area contributed by atoms with E-state index >= 15 is 0 Å². The summed E-state index contributed by atoms with van der Waals surface area (Å²) in [6, 6.07) is 0. The van der Waals surface area contributed by atoms with Gasteiger partial charge in [-0.3, -0.25) is 14.7 Å². The van der Waals surface area contributed by atoms with Crippen LogP contribution in [0.2, 0.25) is 0 Å². The summed E-state index contributed by atoms with van der Waals surface area (Å²) in [4.78, 5) is 23.0. The highest BCUT2D eigenvalue weighted by molar-refractivity contribution is 5.80. The number of likely N-dealkylation sites (tertiary alicyclic amines) is 1. The molecule has 0 aromatic heterocycles. The van der Waals surface area contributed by atoms with Crippen LogP contribution in [-0.4, -0.2) is 85.5 Å². The average molecular weight is 338 g/mol. The van der Waals surface area contributed by atoms with Crippen molar-refractivity contribution in [1.29, 1.82) is 0 Å². The number of piperidine rings is 1. The minimum absolute atomic E-state index is 0.190. The standard InChI is InChI=1S/C18H35N5O/c1-5-19-18(23-13-15(2)12-16(3)14-23)20-6-7-21-8-10-22(11-9-21)17(4)24/h15-16H,5-14H2,1-4H3,(H,19,20). The van der Waals surface area contributed by atoms with E-state index in [1.54, 1.807) is 6.92 Å². The van der Waals surface area contributed by atoms with Gasteiger partial charge in [0, 0.05) is 59.3 Å². The molecule has 2 atom stereocenters. The van der Waals surface area contributed by atoms with E-state index in [2.05, 4.69) is 35.9 Å². The normalized spacial score (nSPS) is 26.6. The Morgan fingerprint density at radius 2 is 1.71 bits per heavy atom. The van der Waals surface area contributed by atoms with E-state index in [-0.39, 0.29) is 5.91 Å². The molecule has 2 saturated heterocycles. The molecule has 0 aromatic carbocycles. The molecule has 2 fully saturated rings. The second-order valence-electron chi connectivity index (χ2n) is 7.43. The van der Waals surface area contributed by atoms with Crippen molar-refractivity contribution in [2.75, 3.05) is 58.9 Å². The highest BCUT2D eigenvalue weighted by Crippen LogP contribution is 2.20. The van der Waals surface area contributed by atoms with Crippen LogP contribution in [0.25, 0.3) is 0 Å². The summed E-state index contributed by atoms with van der Waals surface area (Å²) in [5.41, 5.74) is 0. The first kappa shape index (κ1) is 19.0. The van der Waals surface area contributed by atoms with Gasteiger partial charge in [-0.25, -0.2) is 0 Å². The second kappa shape index (κ2) is 9.25. The van der Waals surface area contributed by atoms with Crippen LogP contribution in [0.15, 0.2) is 4.99 Å². The third-order valence-electron chi connectivity index (χ3n) is 5.00. The lowest BCUT2D eigenvalue weighted by atomic mass is 9.92. The zero-order valence-corrected chi connectivity index (χ0v) is 15.9. The Bertz CT molecular complexity index is 421. The van der Waals surface area contributed by atoms with Gasteiger partial charge in [-0.2, -0.15) is 0 Å². The number of nitrogens with zero attached hydrogens (tertiary/aromatic N) is 4. The predicted molar refractivity (Wildman–Crippen MR) is 99.2 cm³/mol. The summed E-state index contributed by atoms with van der Waals surface area (Å²) < 4.78 is 0. The minimum atomic E-state index is 0.190. The van der Waals surface area contributed by atoms with Crippen molar-refractivity contribution in [2.45, 2.75) is 34.1 Å². The van der Waals surface area contributed by atoms with Gasteiger partial charge in [-0.05, 0) is 25.2 Å². The van der Waals surface area contributed by atoms with E-state index in [0.29, 0.717) is 0 Å². The number of rotatable bonds is 4. The van der Waals surface area contributed by atoms with Gasteiger partial charge in [0.2, 0.25) is 5.91 Å². The van der Waals surface area contributed by atoms with Crippen LogP contribution < -0.4 is 5.32 Å². The van der Waals surface area contributed by atoms with Gasteiger partial charge in [0.15, 0.2) is 5.96 Å². The second-order valence-corrected chi connectivity index (χ2v) is 7.43. The summed E-state index contributed by atoms with van der Waals surface area (Å²) in [5, 5.41) is 3.46. The zero-order valence-electron chi connectivity index (χ0n) is 15.9. The quantitative estimate of drug-likeness (QED) is 0.616. The van der Waals surface area contributed by atoms with Crippen LogP contribution in [-0.2, 0) is 4.79 Å². The third-order valence-corrected chi connectivity index (χ3v) is 5.00. The topological polar surface area (TPSA) is 51.2 Å². The Morgan fingerprint density at radius 3 is 2.25 bits per heavy atom. The van der Waals surface area contributed by atoms with Crippen LogP contribution >= 0.6 is 0 Å². The summed E-state index contributed by atoms with van der Waals surface area (Å²) in [6.45, 7) is 17.0. The Morgan fingerprint density at radius 1 is 1.08 bits per heavy atom. The maximum atomic E-state index is 11.4. The molecular weight excluding hydrogens is 302 g/mol. The molecule has 2 aliphatic heterocycles. The smallest absolute Gasteiger partial charge is 0.219 e. The summed E-state index contributed by atoms with van der Waals surface area (Å²) in [6.07, 6.45) is 1.32. The van der Waals surface area contributed by atoms with Gasteiger partial charge < -0.3 is 15.1 Å². The van der Waals surface area contributed by atoms with E-state index in [1.807, 2.05) is 4.90 Å². The van der Waals surface area contributed by atoms with Crippen LogP contribution in [0.5, 0.6) is 0 Å². The van der Waals surface area contributed by atoms with E-state index in [0.717, 1.165) is 76.7 Å². The number of hydrogen-bond donors (Lipinski definition) is 1. The molecule has 6 heteroatoms. The molecule has 0 aromatic rings. The number of amides is 1. The molecule has 2 unspecified atom stereocenters. The molecular formula is C18H35N5O. The molecule has 2 heterocycles. The zero-order chi connectivity index (χ0) is 17.5. The highest BCUT2D eigenvalue weighted by atomic mass is 16.2. The van der Waals surface area contributed by atoms with Gasteiger partial charge in [0.1, 0.15) is 0 Å². The lowest BCUT2D eigenvalue weighted by molar-refractivity contribution is -0.130. The number of guanidine groups is 1. The van der Waals surface area contributed by atoms with Gasteiger partial charge in [-0.1, -0.05) is 13.8 Å². The molecule has 1 N–H and O–H groups in total. The molecule has 138 valence electrons. The molecule has 2 rings (SSSR count). The number of carbonyl (C=O) groups is 1. The summed E-state index contributed by atoms with van der Waals surface area (Å²) in [7, 11) is 0. The van der Waals surface area contributed by atoms with Crippen LogP contribution in [0.4, 0.5) is 0 Å². The van der Waals surface area contributed by atoms with Crippen LogP contribution in [0.3, 0.4) is 0 Å². The van der Waals surface area contributed by atoms with Crippen molar-refractivity contribution in [3.63, 3.8) is 0 Å². The van der Waals surface area contributed by atoms with E-state index in [1.165, 1.54) is 6.42 Å². The van der Waals surface area contributed by atoms with Crippen molar-refractivity contribution in [1.82, 2.24) is 20.0 Å². The van der Waals surface area contributed by atoms with Crippen molar-refractivity contribution >= 4 is 11.9 Å². The summed E-state index contributed by atoms with van der Waals surface area (Å²) >= 11 is 0. The molecule has 1 amide bonds. The number of piperazine rings is 1. The summed E-state index contributed by atoms with van der Waals surface area (Å²) in [5.74, 6) is 2.73. The van der Waals surface area contributed by atoms with E-state index in [4.69, 9.17) is 4.99 Å². The van der Waals surface area contributed by atoms with E-state index < -0.39 is 0 Å². The van der Waals surface area contributed by atoms with Gasteiger partial charge in [0.05, 0.1) is 6.54 Å². The van der Waals surface area contributed by atoms with Crippen molar-refractivity contribution in [3.05, 3.63) is 0 Å². The highest BCUT2D eigenvalue weighted by Gasteiger charge is 2.24. The fourth-order valence-corrected chi connectivity index (χ4v) is 3.85. The first-order valence-electron chi connectivity index (χ1n) is 9.50. The first-order chi connectivity index (χ1) is 11.5.